The first-order chi connectivity index (χ1) is 8.39. The van der Waals surface area contributed by atoms with Crippen molar-refractivity contribution in [1.29, 1.82) is 0 Å². The second-order valence-electron chi connectivity index (χ2n) is 4.38. The van der Waals surface area contributed by atoms with Crippen LogP contribution in [0.25, 0.3) is 0 Å². The number of nitrogens with zero attached hydrogens (tertiary/aromatic N) is 1. The fourth-order valence-corrected chi connectivity index (χ4v) is 3.58. The average molecular weight is 289 g/mol. The topological polar surface area (TPSA) is 102 Å². The van der Waals surface area contributed by atoms with E-state index in [2.05, 4.69) is 17.2 Å². The molecule has 0 aromatic carbocycles. The lowest BCUT2D eigenvalue weighted by atomic mass is 10.3. The van der Waals surface area contributed by atoms with E-state index in [1.54, 1.807) is 6.20 Å². The van der Waals surface area contributed by atoms with Crippen LogP contribution in [0, 0.1) is 0 Å². The summed E-state index contributed by atoms with van der Waals surface area (Å²) >= 11 is 1.36. The van der Waals surface area contributed by atoms with Gasteiger partial charge in [0, 0.05) is 11.1 Å². The fourth-order valence-electron chi connectivity index (χ4n) is 1.69. The van der Waals surface area contributed by atoms with Gasteiger partial charge in [-0.1, -0.05) is 13.3 Å². The third kappa shape index (κ3) is 2.40. The van der Waals surface area contributed by atoms with Crippen molar-refractivity contribution in [1.82, 2.24) is 4.98 Å². The number of carbonyl (C=O) groups is 1. The number of primary sulfonamides is 1. The van der Waals surface area contributed by atoms with E-state index in [1.807, 2.05) is 0 Å². The standard InChI is InChI=1S/C10H15N3O3S2/c1-2-3-7-6-12-9(17-7)13-8(14)10(4-5-10)18(11,15)16/h6H,2-5H2,1H3,(H2,11,15,16)(H,12,13,14). The molecular formula is C10H15N3O3S2. The first-order valence-electron chi connectivity index (χ1n) is 5.67. The van der Waals surface area contributed by atoms with E-state index in [-0.39, 0.29) is 12.8 Å². The minimum atomic E-state index is -3.85. The van der Waals surface area contributed by atoms with E-state index < -0.39 is 20.7 Å². The molecule has 1 amide bonds. The predicted octanol–water partition coefficient (Wildman–Crippen LogP) is 0.855. The van der Waals surface area contributed by atoms with Gasteiger partial charge in [-0.3, -0.25) is 4.79 Å². The van der Waals surface area contributed by atoms with Crippen LogP contribution in [0.4, 0.5) is 5.13 Å². The lowest BCUT2D eigenvalue weighted by Crippen LogP contribution is -2.41. The molecule has 8 heteroatoms. The zero-order valence-corrected chi connectivity index (χ0v) is 11.6. The summed E-state index contributed by atoms with van der Waals surface area (Å²) in [6.07, 6.45) is 4.15. The lowest BCUT2D eigenvalue weighted by molar-refractivity contribution is -0.116. The number of thiazole rings is 1. The van der Waals surface area contributed by atoms with Gasteiger partial charge in [0.05, 0.1) is 0 Å². The minimum absolute atomic E-state index is 0.283. The zero-order valence-electron chi connectivity index (χ0n) is 9.97. The van der Waals surface area contributed by atoms with Gasteiger partial charge < -0.3 is 5.32 Å². The Morgan fingerprint density at radius 2 is 2.28 bits per heavy atom. The molecule has 0 unspecified atom stereocenters. The Labute approximate surface area is 110 Å². The van der Waals surface area contributed by atoms with Crippen LogP contribution in [0.3, 0.4) is 0 Å². The molecule has 1 aromatic rings. The summed E-state index contributed by atoms with van der Waals surface area (Å²) in [6.45, 7) is 2.05. The highest BCUT2D eigenvalue weighted by atomic mass is 32.2. The second kappa shape index (κ2) is 4.60. The Bertz CT molecular complexity index is 561. The van der Waals surface area contributed by atoms with Gasteiger partial charge in [-0.2, -0.15) is 0 Å². The Morgan fingerprint density at radius 1 is 1.61 bits per heavy atom. The van der Waals surface area contributed by atoms with Crippen molar-refractivity contribution >= 4 is 32.4 Å². The van der Waals surface area contributed by atoms with Crippen LogP contribution in [0.2, 0.25) is 0 Å². The Hall–Kier alpha value is -0.990. The van der Waals surface area contributed by atoms with Gasteiger partial charge in [-0.25, -0.2) is 18.5 Å². The van der Waals surface area contributed by atoms with Gasteiger partial charge >= 0.3 is 0 Å². The molecule has 100 valence electrons. The normalized spacial score (nSPS) is 17.4. The molecular weight excluding hydrogens is 274 g/mol. The van der Waals surface area contributed by atoms with Crippen LogP contribution in [-0.2, 0) is 21.2 Å². The molecule has 18 heavy (non-hydrogen) atoms. The van der Waals surface area contributed by atoms with Crippen molar-refractivity contribution in [3.63, 3.8) is 0 Å². The van der Waals surface area contributed by atoms with Crippen LogP contribution in [0.5, 0.6) is 0 Å². The number of hydrogen-bond donors (Lipinski definition) is 2. The van der Waals surface area contributed by atoms with Crippen molar-refractivity contribution in [2.24, 2.45) is 5.14 Å². The smallest absolute Gasteiger partial charge is 0.249 e. The second-order valence-corrected chi connectivity index (χ2v) is 7.36. The van der Waals surface area contributed by atoms with E-state index in [4.69, 9.17) is 5.14 Å². The fraction of sp³-hybridized carbons (Fsp3) is 0.600. The van der Waals surface area contributed by atoms with E-state index >= 15 is 0 Å². The average Bonchev–Trinajstić information content (AvgIpc) is 2.98. The molecule has 0 saturated heterocycles. The quantitative estimate of drug-likeness (QED) is 0.839. The summed E-state index contributed by atoms with van der Waals surface area (Å²) < 4.78 is 21.3. The number of aromatic nitrogens is 1. The molecule has 0 radical (unpaired) electrons. The van der Waals surface area contributed by atoms with Gasteiger partial charge in [-0.15, -0.1) is 11.3 Å². The highest BCUT2D eigenvalue weighted by molar-refractivity contribution is 7.91. The van der Waals surface area contributed by atoms with Crippen molar-refractivity contribution < 1.29 is 13.2 Å². The molecule has 0 bridgehead atoms. The monoisotopic (exact) mass is 289 g/mol. The van der Waals surface area contributed by atoms with Gasteiger partial charge in [-0.05, 0) is 19.3 Å². The molecule has 1 fully saturated rings. The van der Waals surface area contributed by atoms with Crippen molar-refractivity contribution in [2.45, 2.75) is 37.4 Å². The number of aryl methyl sites for hydroxylation is 1. The van der Waals surface area contributed by atoms with Crippen molar-refractivity contribution in [2.75, 3.05) is 5.32 Å². The maximum Gasteiger partial charge on any atom is 0.249 e. The summed E-state index contributed by atoms with van der Waals surface area (Å²) in [5.41, 5.74) is 0. The first-order valence-corrected chi connectivity index (χ1v) is 8.04. The largest absolute Gasteiger partial charge is 0.301 e. The molecule has 0 spiro atoms. The number of anilines is 1. The molecule has 1 heterocycles. The zero-order chi connectivity index (χ0) is 13.4. The summed E-state index contributed by atoms with van der Waals surface area (Å²) in [4.78, 5) is 17.0. The summed E-state index contributed by atoms with van der Waals surface area (Å²) in [6, 6.07) is 0. The molecule has 1 saturated carbocycles. The maximum absolute atomic E-state index is 11.9. The third-order valence-electron chi connectivity index (χ3n) is 2.93. The molecule has 1 aliphatic carbocycles. The minimum Gasteiger partial charge on any atom is -0.301 e. The van der Waals surface area contributed by atoms with Gasteiger partial charge in [0.15, 0.2) is 9.88 Å². The lowest BCUT2D eigenvalue weighted by Gasteiger charge is -2.10. The number of nitrogens with two attached hydrogens (primary N) is 1. The van der Waals surface area contributed by atoms with Gasteiger partial charge in [0.1, 0.15) is 0 Å². The number of nitrogens with one attached hydrogen (secondary N) is 1. The molecule has 2 rings (SSSR count). The van der Waals surface area contributed by atoms with Crippen molar-refractivity contribution in [3.8, 4) is 0 Å². The van der Waals surface area contributed by atoms with E-state index in [0.29, 0.717) is 5.13 Å². The van der Waals surface area contributed by atoms with E-state index in [0.717, 1.165) is 17.7 Å². The third-order valence-corrected chi connectivity index (χ3v) is 5.59. The highest BCUT2D eigenvalue weighted by Crippen LogP contribution is 2.43. The van der Waals surface area contributed by atoms with Crippen molar-refractivity contribution in [3.05, 3.63) is 11.1 Å². The number of carbonyl (C=O) groups excluding carboxylic acids is 1. The van der Waals surface area contributed by atoms with Crippen LogP contribution in [-0.4, -0.2) is 24.1 Å². The molecule has 0 aliphatic heterocycles. The molecule has 6 nitrogen and oxygen atoms in total. The predicted molar refractivity (Wildman–Crippen MR) is 69.8 cm³/mol. The van der Waals surface area contributed by atoms with Gasteiger partial charge in [0.25, 0.3) is 0 Å². The molecule has 3 N–H and O–H groups in total. The summed E-state index contributed by atoms with van der Waals surface area (Å²) in [5.74, 6) is -0.567. The van der Waals surface area contributed by atoms with Crippen LogP contribution in [0.1, 0.15) is 31.1 Å². The number of amides is 1. The van der Waals surface area contributed by atoms with Crippen LogP contribution in [0.15, 0.2) is 6.20 Å². The molecule has 1 aliphatic rings. The van der Waals surface area contributed by atoms with E-state index in [9.17, 15) is 13.2 Å². The number of sulfonamides is 1. The number of hydrogen-bond acceptors (Lipinski definition) is 5. The SMILES string of the molecule is CCCc1cnc(NC(=O)C2(S(N)(=O)=O)CC2)s1. The first kappa shape index (κ1) is 13.4. The molecule has 0 atom stereocenters. The van der Waals surface area contributed by atoms with E-state index in [1.165, 1.54) is 11.3 Å². The summed E-state index contributed by atoms with van der Waals surface area (Å²) in [5, 5.41) is 8.05. The number of rotatable bonds is 5. The Balaban J connectivity index is 2.08. The van der Waals surface area contributed by atoms with Crippen LogP contribution < -0.4 is 10.5 Å². The van der Waals surface area contributed by atoms with Gasteiger partial charge in [0.2, 0.25) is 15.9 Å². The Kier molecular flexibility index (Phi) is 3.43. The summed E-state index contributed by atoms with van der Waals surface area (Å²) in [7, 11) is -3.85. The Morgan fingerprint density at radius 3 is 2.78 bits per heavy atom. The highest BCUT2D eigenvalue weighted by Gasteiger charge is 2.59. The molecule has 1 aromatic heterocycles. The maximum atomic E-state index is 11.9. The van der Waals surface area contributed by atoms with Crippen LogP contribution >= 0.6 is 11.3 Å².